The smallest absolute Gasteiger partial charge is 0.263 e. The quantitative estimate of drug-likeness (QED) is 0.502. The molecule has 0 amide bonds. The number of aromatic hydroxyl groups is 1. The number of Topliss-reactive ketones (excluding diaryl/α,β-unsaturated/α-hetero) is 2. The zero-order chi connectivity index (χ0) is 22.2. The molecule has 3 aromatic rings. The minimum absolute atomic E-state index is 0.0816. The fraction of sp³-hybridized carbons (Fsp3) is 0.0952. The molecule has 2 aromatic carbocycles. The van der Waals surface area contributed by atoms with Crippen LogP contribution in [0.1, 0.15) is 20.7 Å². The first kappa shape index (κ1) is 20.8. The number of fused-ring (bicyclic) bond motifs is 1. The van der Waals surface area contributed by atoms with Crippen LogP contribution in [0.15, 0.2) is 71.8 Å². The maximum absolute atomic E-state index is 12.8. The molecule has 0 saturated heterocycles. The third-order valence-electron chi connectivity index (χ3n) is 4.79. The van der Waals surface area contributed by atoms with E-state index in [0.717, 1.165) is 0 Å². The van der Waals surface area contributed by atoms with Gasteiger partial charge in [-0.05, 0) is 36.4 Å². The van der Waals surface area contributed by atoms with Gasteiger partial charge in [0.15, 0.2) is 23.1 Å². The Hall–Kier alpha value is -3.43. The molecular weight excluding hydrogens is 442 g/mol. The van der Waals surface area contributed by atoms with Gasteiger partial charge in [-0.1, -0.05) is 24.3 Å². The van der Waals surface area contributed by atoms with E-state index < -0.39 is 21.4 Å². The number of hydrogen-bond donors (Lipinski definition) is 3. The Morgan fingerprint density at radius 2 is 1.55 bits per heavy atom. The summed E-state index contributed by atoms with van der Waals surface area (Å²) in [5.41, 5.74) is 0.993. The number of nitrogens with zero attached hydrogens (tertiary/aromatic N) is 1. The molecule has 0 aliphatic heterocycles. The Morgan fingerprint density at radius 1 is 0.903 bits per heavy atom. The van der Waals surface area contributed by atoms with Crippen LogP contribution >= 0.6 is 11.6 Å². The van der Waals surface area contributed by atoms with Crippen LogP contribution in [0.3, 0.4) is 0 Å². The molecule has 2 atom stereocenters. The largest absolute Gasteiger partial charge is 0.504 e. The predicted octanol–water partition coefficient (Wildman–Crippen LogP) is 3.06. The van der Waals surface area contributed by atoms with Gasteiger partial charge in [0.1, 0.15) is 11.4 Å². The van der Waals surface area contributed by atoms with Crippen molar-refractivity contribution in [3.8, 4) is 5.75 Å². The van der Waals surface area contributed by atoms with Crippen LogP contribution in [-0.2, 0) is 10.0 Å². The van der Waals surface area contributed by atoms with E-state index in [1.165, 1.54) is 42.6 Å². The average molecular weight is 458 g/mol. The summed E-state index contributed by atoms with van der Waals surface area (Å²) in [6.45, 7) is 0. The molecule has 1 aliphatic carbocycles. The van der Waals surface area contributed by atoms with Gasteiger partial charge in [0.05, 0.1) is 4.90 Å². The molecule has 10 heteroatoms. The molecule has 0 bridgehead atoms. The topological polar surface area (TPSA) is 125 Å². The Kier molecular flexibility index (Phi) is 5.38. The first-order valence-electron chi connectivity index (χ1n) is 9.13. The average Bonchev–Trinajstić information content (AvgIpc) is 2.77. The van der Waals surface area contributed by atoms with Crippen LogP contribution in [0.4, 0.5) is 11.5 Å². The van der Waals surface area contributed by atoms with Crippen molar-refractivity contribution in [3.05, 3.63) is 78.0 Å². The third-order valence-corrected chi connectivity index (χ3v) is 6.59. The van der Waals surface area contributed by atoms with Crippen molar-refractivity contribution in [2.75, 3.05) is 10.0 Å². The molecule has 158 valence electrons. The number of halogens is 1. The molecule has 31 heavy (non-hydrogen) atoms. The first-order chi connectivity index (χ1) is 14.8. The minimum Gasteiger partial charge on any atom is -0.504 e. The van der Waals surface area contributed by atoms with Gasteiger partial charge in [0, 0.05) is 23.0 Å². The summed E-state index contributed by atoms with van der Waals surface area (Å²) in [7, 11) is -4.00. The van der Waals surface area contributed by atoms with Gasteiger partial charge in [-0.25, -0.2) is 13.4 Å². The van der Waals surface area contributed by atoms with Gasteiger partial charge in [-0.15, -0.1) is 11.6 Å². The maximum atomic E-state index is 12.8. The van der Waals surface area contributed by atoms with E-state index in [2.05, 4.69) is 15.0 Å². The number of rotatable bonds is 5. The number of sulfonamides is 1. The van der Waals surface area contributed by atoms with E-state index in [9.17, 15) is 23.1 Å². The molecule has 0 radical (unpaired) electrons. The summed E-state index contributed by atoms with van der Waals surface area (Å²) >= 11 is 6.25. The molecule has 1 aromatic heterocycles. The number of carbonyl (C=O) groups excluding carboxylic acids is 2. The van der Waals surface area contributed by atoms with Crippen LogP contribution in [0, 0.1) is 0 Å². The van der Waals surface area contributed by atoms with Crippen LogP contribution < -0.4 is 10.0 Å². The number of nitrogens with one attached hydrogen (secondary N) is 2. The molecule has 1 heterocycles. The van der Waals surface area contributed by atoms with Crippen molar-refractivity contribution >= 4 is 44.7 Å². The van der Waals surface area contributed by atoms with Crippen molar-refractivity contribution in [1.29, 1.82) is 0 Å². The molecule has 0 saturated carbocycles. The zero-order valence-electron chi connectivity index (χ0n) is 15.8. The molecule has 8 nitrogen and oxygen atoms in total. The SMILES string of the molecule is O=C1c2ccccc2C(=O)C(Nc2ccc(S(=O)(=O)Nc3ncccc3O)cc2)C1Cl. The Balaban J connectivity index is 1.54. The number of aromatic nitrogens is 1. The lowest BCUT2D eigenvalue weighted by Gasteiger charge is -2.28. The molecular formula is C21H16ClN3O5S. The van der Waals surface area contributed by atoms with Gasteiger partial charge in [-0.2, -0.15) is 0 Å². The molecule has 1 aliphatic rings. The highest BCUT2D eigenvalue weighted by Gasteiger charge is 2.40. The lowest BCUT2D eigenvalue weighted by molar-refractivity contribution is 0.0881. The normalized spacial score (nSPS) is 18.4. The van der Waals surface area contributed by atoms with E-state index in [0.29, 0.717) is 11.3 Å². The molecule has 3 N–H and O–H groups in total. The van der Waals surface area contributed by atoms with Gasteiger partial charge in [0.2, 0.25) is 0 Å². The number of ketones is 2. The van der Waals surface area contributed by atoms with Crippen molar-refractivity contribution < 1.29 is 23.1 Å². The van der Waals surface area contributed by atoms with Crippen molar-refractivity contribution in [3.63, 3.8) is 0 Å². The second kappa shape index (κ2) is 8.01. The predicted molar refractivity (Wildman–Crippen MR) is 115 cm³/mol. The summed E-state index contributed by atoms with van der Waals surface area (Å²) < 4.78 is 27.3. The highest BCUT2D eigenvalue weighted by molar-refractivity contribution is 7.92. The number of pyridine rings is 1. The van der Waals surface area contributed by atoms with Gasteiger partial charge >= 0.3 is 0 Å². The van der Waals surface area contributed by atoms with Crippen LogP contribution in [0.25, 0.3) is 0 Å². The van der Waals surface area contributed by atoms with Crippen LogP contribution in [-0.4, -0.2) is 41.5 Å². The molecule has 0 fully saturated rings. The Bertz CT molecular complexity index is 1280. The summed E-state index contributed by atoms with van der Waals surface area (Å²) in [4.78, 5) is 29.0. The number of anilines is 2. The summed E-state index contributed by atoms with van der Waals surface area (Å²) in [6, 6.07) is 13.8. The van der Waals surface area contributed by atoms with E-state index in [1.54, 1.807) is 24.3 Å². The zero-order valence-corrected chi connectivity index (χ0v) is 17.4. The van der Waals surface area contributed by atoms with E-state index in [-0.39, 0.29) is 33.6 Å². The van der Waals surface area contributed by atoms with E-state index in [4.69, 9.17) is 11.6 Å². The van der Waals surface area contributed by atoms with Crippen LogP contribution in [0.5, 0.6) is 5.75 Å². The highest BCUT2D eigenvalue weighted by atomic mass is 35.5. The molecule has 4 rings (SSSR count). The van der Waals surface area contributed by atoms with Gasteiger partial charge < -0.3 is 10.4 Å². The minimum atomic E-state index is -4.00. The monoisotopic (exact) mass is 457 g/mol. The van der Waals surface area contributed by atoms with Crippen molar-refractivity contribution in [2.24, 2.45) is 0 Å². The van der Waals surface area contributed by atoms with Crippen molar-refractivity contribution in [1.82, 2.24) is 4.98 Å². The van der Waals surface area contributed by atoms with Crippen molar-refractivity contribution in [2.45, 2.75) is 16.3 Å². The lowest BCUT2D eigenvalue weighted by atomic mass is 9.85. The molecule has 2 unspecified atom stereocenters. The third kappa shape index (κ3) is 3.97. The fourth-order valence-corrected chi connectivity index (χ4v) is 4.54. The Morgan fingerprint density at radius 3 is 2.19 bits per heavy atom. The van der Waals surface area contributed by atoms with Crippen LogP contribution in [0.2, 0.25) is 0 Å². The second-order valence-corrected chi connectivity index (χ2v) is 8.95. The number of hydrogen-bond acceptors (Lipinski definition) is 7. The number of alkyl halides is 1. The summed E-state index contributed by atoms with van der Waals surface area (Å²) in [5.74, 6) is -1.18. The number of carbonyl (C=O) groups is 2. The fourth-order valence-electron chi connectivity index (χ4n) is 3.22. The summed E-state index contributed by atoms with van der Waals surface area (Å²) in [6.07, 6.45) is 1.34. The van der Waals surface area contributed by atoms with E-state index in [1.807, 2.05) is 0 Å². The molecule has 0 spiro atoms. The summed E-state index contributed by atoms with van der Waals surface area (Å²) in [5, 5.41) is 11.5. The van der Waals surface area contributed by atoms with Gasteiger partial charge in [-0.3, -0.25) is 14.3 Å². The maximum Gasteiger partial charge on any atom is 0.263 e. The highest BCUT2D eigenvalue weighted by Crippen LogP contribution is 2.28. The number of benzene rings is 2. The van der Waals surface area contributed by atoms with Gasteiger partial charge in [0.25, 0.3) is 10.0 Å². The lowest BCUT2D eigenvalue weighted by Crippen LogP contribution is -2.46. The Labute approximate surface area is 183 Å². The van der Waals surface area contributed by atoms with E-state index >= 15 is 0 Å². The first-order valence-corrected chi connectivity index (χ1v) is 11.0. The standard InChI is InChI=1S/C21H16ClN3O5S/c22-17-18(20(28)15-5-2-1-4-14(15)19(17)27)24-12-7-9-13(10-8-12)31(29,30)25-21-16(26)6-3-11-23-21/h1-11,17-18,24,26H,(H,23,25). The second-order valence-electron chi connectivity index (χ2n) is 6.80.